The molecule has 0 spiro atoms. The lowest BCUT2D eigenvalue weighted by Crippen LogP contribution is -2.07. The Morgan fingerprint density at radius 1 is 0.897 bits per heavy atom. The fourth-order valence-corrected chi connectivity index (χ4v) is 2.69. The summed E-state index contributed by atoms with van der Waals surface area (Å²) in [5, 5.41) is 10.1. The third kappa shape index (κ3) is 5.97. The summed E-state index contributed by atoms with van der Waals surface area (Å²) in [5.41, 5.74) is 2.33. The largest absolute Gasteiger partial charge is 0.488 e. The Kier molecular flexibility index (Phi) is 7.05. The van der Waals surface area contributed by atoms with Gasteiger partial charge in [-0.05, 0) is 35.4 Å². The maximum atomic E-state index is 12.3. The Morgan fingerprint density at radius 2 is 1.55 bits per heavy atom. The molecule has 0 aliphatic heterocycles. The predicted octanol–water partition coefficient (Wildman–Crippen LogP) is 5.57. The molecule has 144 valence electrons. The molecule has 0 saturated carbocycles. The normalized spacial score (nSPS) is 10.8. The lowest BCUT2D eigenvalue weighted by Gasteiger charge is -2.10. The summed E-state index contributed by atoms with van der Waals surface area (Å²) >= 11 is 5.90. The number of nitriles is 1. The number of hydrogen-bond acceptors (Lipinski definition) is 4. The van der Waals surface area contributed by atoms with E-state index >= 15 is 0 Å². The van der Waals surface area contributed by atoms with E-state index in [4.69, 9.17) is 21.1 Å². The van der Waals surface area contributed by atoms with Crippen LogP contribution >= 0.6 is 11.6 Å². The van der Waals surface area contributed by atoms with Crippen molar-refractivity contribution in [2.24, 2.45) is 0 Å². The van der Waals surface area contributed by atoms with Crippen LogP contribution in [0.4, 0.5) is 0 Å². The number of carbonyl (C=O) groups excluding carboxylic acids is 1. The van der Waals surface area contributed by atoms with Gasteiger partial charge < -0.3 is 9.47 Å². The van der Waals surface area contributed by atoms with Gasteiger partial charge in [0.2, 0.25) is 0 Å². The molecule has 0 amide bonds. The molecular weight excluding hydrogens is 386 g/mol. The van der Waals surface area contributed by atoms with Gasteiger partial charge in [-0.1, -0.05) is 72.3 Å². The first kappa shape index (κ1) is 20.2. The summed E-state index contributed by atoms with van der Waals surface area (Å²) in [6.45, 7) is 0.440. The van der Waals surface area contributed by atoms with Crippen LogP contribution in [0.25, 0.3) is 6.08 Å². The molecule has 4 nitrogen and oxygen atoms in total. The number of halogens is 1. The van der Waals surface area contributed by atoms with E-state index < -0.39 is 5.97 Å². The molecule has 3 aromatic rings. The van der Waals surface area contributed by atoms with Gasteiger partial charge in [-0.3, -0.25) is 0 Å². The molecule has 29 heavy (non-hydrogen) atoms. The van der Waals surface area contributed by atoms with Crippen molar-refractivity contribution in [3.8, 4) is 11.8 Å². The molecule has 0 radical (unpaired) electrons. The maximum Gasteiger partial charge on any atom is 0.349 e. The van der Waals surface area contributed by atoms with Crippen molar-refractivity contribution in [3.05, 3.63) is 106 Å². The first-order valence-corrected chi connectivity index (χ1v) is 9.32. The number of hydrogen-bond donors (Lipinski definition) is 0. The van der Waals surface area contributed by atoms with Crippen molar-refractivity contribution in [2.45, 2.75) is 13.2 Å². The van der Waals surface area contributed by atoms with Gasteiger partial charge in [0.15, 0.2) is 0 Å². The van der Waals surface area contributed by atoms with Crippen LogP contribution in [0.5, 0.6) is 5.75 Å². The SMILES string of the molecule is N#CC(=Cc1ccccc1OCc1ccc(Cl)cc1)C(=O)OCc1ccccc1. The number of rotatable bonds is 7. The predicted molar refractivity (Wildman–Crippen MR) is 112 cm³/mol. The van der Waals surface area contributed by atoms with Crippen LogP contribution in [-0.2, 0) is 22.7 Å². The first-order chi connectivity index (χ1) is 14.2. The second kappa shape index (κ2) is 10.1. The molecule has 0 atom stereocenters. The summed E-state index contributed by atoms with van der Waals surface area (Å²) in [4.78, 5) is 12.3. The van der Waals surface area contributed by atoms with Crippen LogP contribution in [-0.4, -0.2) is 5.97 Å². The molecule has 0 N–H and O–H groups in total. The van der Waals surface area contributed by atoms with E-state index in [9.17, 15) is 10.1 Å². The Hall–Kier alpha value is -3.55. The van der Waals surface area contributed by atoms with Crippen molar-refractivity contribution in [1.82, 2.24) is 0 Å². The highest BCUT2D eigenvalue weighted by molar-refractivity contribution is 6.30. The van der Waals surface area contributed by atoms with Crippen LogP contribution < -0.4 is 4.74 Å². The maximum absolute atomic E-state index is 12.3. The summed E-state index contributed by atoms with van der Waals surface area (Å²) in [7, 11) is 0. The second-order valence-corrected chi connectivity index (χ2v) is 6.62. The van der Waals surface area contributed by atoms with E-state index in [1.165, 1.54) is 6.08 Å². The highest BCUT2D eigenvalue weighted by Gasteiger charge is 2.13. The van der Waals surface area contributed by atoms with Crippen molar-refractivity contribution >= 4 is 23.6 Å². The van der Waals surface area contributed by atoms with Gasteiger partial charge in [0.25, 0.3) is 0 Å². The number of nitrogens with zero attached hydrogens (tertiary/aromatic N) is 1. The number of ether oxygens (including phenoxy) is 2. The number of para-hydroxylation sites is 1. The van der Waals surface area contributed by atoms with Gasteiger partial charge in [0, 0.05) is 10.6 Å². The Bertz CT molecular complexity index is 1040. The molecule has 3 rings (SSSR count). The zero-order valence-electron chi connectivity index (χ0n) is 15.5. The standard InChI is InChI=1S/C24H18ClNO3/c25-22-12-10-19(11-13-22)16-28-23-9-5-4-8-20(23)14-21(15-26)24(27)29-17-18-6-2-1-3-7-18/h1-14H,16-17H2. The number of carbonyl (C=O) groups is 1. The first-order valence-electron chi connectivity index (χ1n) is 8.95. The van der Waals surface area contributed by atoms with E-state index in [0.717, 1.165) is 11.1 Å². The summed E-state index contributed by atoms with van der Waals surface area (Å²) < 4.78 is 11.1. The van der Waals surface area contributed by atoms with Gasteiger partial charge in [0.05, 0.1) is 0 Å². The molecule has 0 aliphatic carbocycles. The smallest absolute Gasteiger partial charge is 0.349 e. The minimum absolute atomic E-state index is 0.0940. The lowest BCUT2D eigenvalue weighted by atomic mass is 10.1. The van der Waals surface area contributed by atoms with Crippen molar-refractivity contribution < 1.29 is 14.3 Å². The second-order valence-electron chi connectivity index (χ2n) is 6.18. The highest BCUT2D eigenvalue weighted by Crippen LogP contribution is 2.23. The third-order valence-electron chi connectivity index (χ3n) is 4.08. The van der Waals surface area contributed by atoms with Crippen LogP contribution in [0.2, 0.25) is 5.02 Å². The van der Waals surface area contributed by atoms with Crippen LogP contribution in [0.15, 0.2) is 84.4 Å². The van der Waals surface area contributed by atoms with Crippen molar-refractivity contribution in [3.63, 3.8) is 0 Å². The molecule has 0 bridgehead atoms. The molecular formula is C24H18ClNO3. The van der Waals surface area contributed by atoms with E-state index in [2.05, 4.69) is 0 Å². The quantitative estimate of drug-likeness (QED) is 0.294. The average Bonchev–Trinajstić information content (AvgIpc) is 2.77. The number of esters is 1. The van der Waals surface area contributed by atoms with Crippen LogP contribution in [0, 0.1) is 11.3 Å². The van der Waals surface area contributed by atoms with Gasteiger partial charge in [-0.25, -0.2) is 4.79 Å². The van der Waals surface area contributed by atoms with Crippen molar-refractivity contribution in [1.29, 1.82) is 5.26 Å². The lowest BCUT2D eigenvalue weighted by molar-refractivity contribution is -0.139. The van der Waals surface area contributed by atoms with E-state index in [-0.39, 0.29) is 12.2 Å². The highest BCUT2D eigenvalue weighted by atomic mass is 35.5. The third-order valence-corrected chi connectivity index (χ3v) is 4.33. The average molecular weight is 404 g/mol. The molecule has 0 saturated heterocycles. The zero-order valence-corrected chi connectivity index (χ0v) is 16.3. The summed E-state index contributed by atoms with van der Waals surface area (Å²) in [6, 6.07) is 25.8. The van der Waals surface area contributed by atoms with Crippen molar-refractivity contribution in [2.75, 3.05) is 0 Å². The Morgan fingerprint density at radius 3 is 2.28 bits per heavy atom. The Balaban J connectivity index is 1.71. The molecule has 0 heterocycles. The van der Waals surface area contributed by atoms with Gasteiger partial charge in [-0.15, -0.1) is 0 Å². The van der Waals surface area contributed by atoms with Crippen LogP contribution in [0.3, 0.4) is 0 Å². The van der Waals surface area contributed by atoms with Gasteiger partial charge in [-0.2, -0.15) is 5.26 Å². The Labute approximate surface area is 174 Å². The van der Waals surface area contributed by atoms with Gasteiger partial charge >= 0.3 is 5.97 Å². The van der Waals surface area contributed by atoms with E-state index in [1.807, 2.05) is 60.7 Å². The molecule has 5 heteroatoms. The molecule has 0 fully saturated rings. The van der Waals surface area contributed by atoms with E-state index in [1.54, 1.807) is 24.3 Å². The van der Waals surface area contributed by atoms with Crippen LogP contribution in [0.1, 0.15) is 16.7 Å². The molecule has 0 unspecified atom stereocenters. The fourth-order valence-electron chi connectivity index (χ4n) is 2.57. The number of benzene rings is 3. The molecule has 3 aromatic carbocycles. The molecule has 0 aromatic heterocycles. The van der Waals surface area contributed by atoms with E-state index in [0.29, 0.717) is 22.9 Å². The molecule has 0 aliphatic rings. The minimum Gasteiger partial charge on any atom is -0.488 e. The minimum atomic E-state index is -0.677. The fraction of sp³-hybridized carbons (Fsp3) is 0.0833. The van der Waals surface area contributed by atoms with Gasteiger partial charge in [0.1, 0.15) is 30.6 Å². The summed E-state index contributed by atoms with van der Waals surface area (Å²) in [5.74, 6) is -0.116. The monoisotopic (exact) mass is 403 g/mol. The topological polar surface area (TPSA) is 59.3 Å². The summed E-state index contributed by atoms with van der Waals surface area (Å²) in [6.07, 6.45) is 1.48. The zero-order chi connectivity index (χ0) is 20.5.